The number of hydrogen-bond donors (Lipinski definition) is 3. The minimum absolute atomic E-state index is 0.0399. The van der Waals surface area contributed by atoms with Crippen LogP contribution in [0.5, 0.6) is 0 Å². The lowest BCUT2D eigenvalue weighted by Gasteiger charge is -2.35. The molecule has 0 aromatic carbocycles. The van der Waals surface area contributed by atoms with Crippen LogP contribution in [-0.4, -0.2) is 35.6 Å². The van der Waals surface area contributed by atoms with Crippen LogP contribution in [0.1, 0.15) is 53.4 Å². The van der Waals surface area contributed by atoms with Crippen LogP contribution in [0.2, 0.25) is 0 Å². The first kappa shape index (κ1) is 17.0. The summed E-state index contributed by atoms with van der Waals surface area (Å²) in [6.45, 7) is 7.74. The molecular weight excluding hydrogens is 256 g/mol. The predicted molar refractivity (Wildman–Crippen MR) is 78.1 cm³/mol. The molecule has 116 valence electrons. The lowest BCUT2D eigenvalue weighted by atomic mass is 9.79. The average molecular weight is 284 g/mol. The maximum atomic E-state index is 11.7. The minimum atomic E-state index is -0.790. The minimum Gasteiger partial charge on any atom is -0.388 e. The molecule has 0 saturated heterocycles. The first-order chi connectivity index (χ1) is 9.12. The third-order valence-corrected chi connectivity index (χ3v) is 3.77. The van der Waals surface area contributed by atoms with Crippen LogP contribution < -0.4 is 10.6 Å². The van der Waals surface area contributed by atoms with Gasteiger partial charge in [-0.1, -0.05) is 40.5 Å². The molecule has 2 unspecified atom stereocenters. The predicted octanol–water partition coefficient (Wildman–Crippen LogP) is 1.21. The zero-order valence-corrected chi connectivity index (χ0v) is 13.1. The van der Waals surface area contributed by atoms with E-state index in [2.05, 4.69) is 17.6 Å². The fraction of sp³-hybridized carbons (Fsp3) is 0.867. The summed E-state index contributed by atoms with van der Waals surface area (Å²) in [6, 6.07) is 0. The standard InChI is InChI=1S/C15H28N2O3/c1-11-6-5-7-15(20,8-11)10-17-12(18)9-16-13(19)14(2,3)4/h11,20H,5-10H2,1-4H3,(H,16,19)(H,17,18). The van der Waals surface area contributed by atoms with Gasteiger partial charge < -0.3 is 15.7 Å². The van der Waals surface area contributed by atoms with Gasteiger partial charge >= 0.3 is 0 Å². The smallest absolute Gasteiger partial charge is 0.239 e. The summed E-state index contributed by atoms with van der Waals surface area (Å²) in [5.74, 6) is 0.0816. The van der Waals surface area contributed by atoms with E-state index in [1.54, 1.807) is 20.8 Å². The number of hydrogen-bond acceptors (Lipinski definition) is 3. The SMILES string of the molecule is CC1CCCC(O)(CNC(=O)CNC(=O)C(C)(C)C)C1. The highest BCUT2D eigenvalue weighted by Crippen LogP contribution is 2.31. The molecule has 20 heavy (non-hydrogen) atoms. The Labute approximate surface area is 121 Å². The Hall–Kier alpha value is -1.10. The Morgan fingerprint density at radius 2 is 1.95 bits per heavy atom. The molecular formula is C15H28N2O3. The number of carbonyl (C=O) groups excluding carboxylic acids is 2. The van der Waals surface area contributed by atoms with Crippen molar-refractivity contribution >= 4 is 11.8 Å². The molecule has 1 aliphatic rings. The van der Waals surface area contributed by atoms with Gasteiger partial charge in [-0.05, 0) is 18.8 Å². The van der Waals surface area contributed by atoms with E-state index < -0.39 is 11.0 Å². The number of aliphatic hydroxyl groups is 1. The number of nitrogens with one attached hydrogen (secondary N) is 2. The molecule has 1 aliphatic carbocycles. The molecule has 5 heteroatoms. The van der Waals surface area contributed by atoms with Crippen molar-refractivity contribution in [1.82, 2.24) is 10.6 Å². The van der Waals surface area contributed by atoms with E-state index in [1.165, 1.54) is 0 Å². The third kappa shape index (κ3) is 5.49. The molecule has 0 aromatic rings. The van der Waals surface area contributed by atoms with Crippen molar-refractivity contribution in [1.29, 1.82) is 0 Å². The molecule has 0 bridgehead atoms. The van der Waals surface area contributed by atoms with E-state index in [4.69, 9.17) is 0 Å². The average Bonchev–Trinajstić information content (AvgIpc) is 2.32. The van der Waals surface area contributed by atoms with Crippen LogP contribution >= 0.6 is 0 Å². The molecule has 0 heterocycles. The third-order valence-electron chi connectivity index (χ3n) is 3.77. The highest BCUT2D eigenvalue weighted by molar-refractivity contribution is 5.87. The summed E-state index contributed by atoms with van der Waals surface area (Å²) in [7, 11) is 0. The summed E-state index contributed by atoms with van der Waals surface area (Å²) in [5, 5.41) is 15.7. The molecule has 2 atom stereocenters. The van der Waals surface area contributed by atoms with Crippen molar-refractivity contribution in [3.63, 3.8) is 0 Å². The van der Waals surface area contributed by atoms with Gasteiger partial charge in [0.2, 0.25) is 11.8 Å². The Morgan fingerprint density at radius 1 is 1.30 bits per heavy atom. The van der Waals surface area contributed by atoms with Crippen molar-refractivity contribution in [2.24, 2.45) is 11.3 Å². The lowest BCUT2D eigenvalue weighted by Crippen LogP contribution is -2.48. The highest BCUT2D eigenvalue weighted by atomic mass is 16.3. The fourth-order valence-corrected chi connectivity index (χ4v) is 2.54. The zero-order valence-electron chi connectivity index (χ0n) is 13.1. The summed E-state index contributed by atoms with van der Waals surface area (Å²) < 4.78 is 0. The number of amides is 2. The molecule has 3 N–H and O–H groups in total. The van der Waals surface area contributed by atoms with Crippen molar-refractivity contribution < 1.29 is 14.7 Å². The summed E-state index contributed by atoms with van der Waals surface area (Å²) in [4.78, 5) is 23.3. The maximum absolute atomic E-state index is 11.7. The zero-order chi connectivity index (χ0) is 15.4. The van der Waals surface area contributed by atoms with Gasteiger partial charge in [0.25, 0.3) is 0 Å². The molecule has 0 aliphatic heterocycles. The van der Waals surface area contributed by atoms with Crippen molar-refractivity contribution in [2.75, 3.05) is 13.1 Å². The summed E-state index contributed by atoms with van der Waals surface area (Å²) in [6.07, 6.45) is 3.58. The maximum Gasteiger partial charge on any atom is 0.239 e. The lowest BCUT2D eigenvalue weighted by molar-refractivity contribution is -0.131. The summed E-state index contributed by atoms with van der Waals surface area (Å²) in [5.41, 5.74) is -1.29. The van der Waals surface area contributed by atoms with Crippen molar-refractivity contribution in [3.8, 4) is 0 Å². The second kappa shape index (κ2) is 6.57. The largest absolute Gasteiger partial charge is 0.388 e. The second-order valence-electron chi connectivity index (χ2n) is 7.14. The molecule has 0 aromatic heterocycles. The van der Waals surface area contributed by atoms with E-state index in [0.717, 1.165) is 25.7 Å². The monoisotopic (exact) mass is 284 g/mol. The fourth-order valence-electron chi connectivity index (χ4n) is 2.54. The highest BCUT2D eigenvalue weighted by Gasteiger charge is 2.32. The number of rotatable bonds is 4. The molecule has 2 amide bonds. The molecule has 0 spiro atoms. The normalized spacial score (nSPS) is 26.9. The van der Waals surface area contributed by atoms with Gasteiger partial charge in [0.05, 0.1) is 12.1 Å². The Bertz CT molecular complexity index is 363. The van der Waals surface area contributed by atoms with Gasteiger partial charge in [0.15, 0.2) is 0 Å². The first-order valence-corrected chi connectivity index (χ1v) is 7.40. The van der Waals surface area contributed by atoms with Crippen LogP contribution in [0.15, 0.2) is 0 Å². The second-order valence-corrected chi connectivity index (χ2v) is 7.14. The van der Waals surface area contributed by atoms with Crippen LogP contribution in [0.4, 0.5) is 0 Å². The van der Waals surface area contributed by atoms with Gasteiger partial charge in [0, 0.05) is 12.0 Å². The van der Waals surface area contributed by atoms with Gasteiger partial charge in [-0.15, -0.1) is 0 Å². The molecule has 1 rings (SSSR count). The van der Waals surface area contributed by atoms with Crippen LogP contribution in [0.25, 0.3) is 0 Å². The molecule has 1 saturated carbocycles. The first-order valence-electron chi connectivity index (χ1n) is 7.40. The van der Waals surface area contributed by atoms with Crippen LogP contribution in [-0.2, 0) is 9.59 Å². The van der Waals surface area contributed by atoms with Gasteiger partial charge in [-0.3, -0.25) is 9.59 Å². The van der Waals surface area contributed by atoms with E-state index in [-0.39, 0.29) is 24.9 Å². The van der Waals surface area contributed by atoms with Gasteiger partial charge in [-0.25, -0.2) is 0 Å². The van der Waals surface area contributed by atoms with Crippen molar-refractivity contribution in [2.45, 2.75) is 59.0 Å². The van der Waals surface area contributed by atoms with Crippen LogP contribution in [0.3, 0.4) is 0 Å². The molecule has 5 nitrogen and oxygen atoms in total. The van der Waals surface area contributed by atoms with Gasteiger partial charge in [0.1, 0.15) is 0 Å². The summed E-state index contributed by atoms with van der Waals surface area (Å²) >= 11 is 0. The van der Waals surface area contributed by atoms with Crippen molar-refractivity contribution in [3.05, 3.63) is 0 Å². The topological polar surface area (TPSA) is 78.4 Å². The Balaban J connectivity index is 2.31. The Morgan fingerprint density at radius 3 is 2.50 bits per heavy atom. The van der Waals surface area contributed by atoms with E-state index >= 15 is 0 Å². The quantitative estimate of drug-likeness (QED) is 0.726. The molecule has 1 fully saturated rings. The Kier molecular flexibility index (Phi) is 5.57. The van der Waals surface area contributed by atoms with E-state index in [1.807, 2.05) is 0 Å². The van der Waals surface area contributed by atoms with E-state index in [9.17, 15) is 14.7 Å². The number of carbonyl (C=O) groups is 2. The van der Waals surface area contributed by atoms with Crippen LogP contribution in [0, 0.1) is 11.3 Å². The molecule has 0 radical (unpaired) electrons. The van der Waals surface area contributed by atoms with Gasteiger partial charge in [-0.2, -0.15) is 0 Å². The van der Waals surface area contributed by atoms with E-state index in [0.29, 0.717) is 5.92 Å².